The standard InChI is InChI=1S/C21H19N3O5.Na/c1-11(25)17-16-9-15(18(21(28)29)24(16)20(17)27)12-4-2-6-14(8-12)23-19(26)13-5-3-7-22-10-13;/h2-8,10-11,16-17,25H,9H2,1H3,(H,23,26)(H,28,29);/q;+1/p-1/t11-,16-,17-;/m1./s1. The number of carbonyl (C=O) groups is 3. The number of amides is 2. The number of pyridine rings is 1. The van der Waals surface area contributed by atoms with Crippen LogP contribution in [-0.2, 0) is 9.59 Å². The molecule has 2 aliphatic heterocycles. The number of carboxylic acid groups (broad SMARTS) is 1. The number of anilines is 1. The molecule has 0 saturated carbocycles. The van der Waals surface area contributed by atoms with Crippen LogP contribution < -0.4 is 40.0 Å². The Kier molecular flexibility index (Phi) is 6.42. The molecular weight excluding hydrogens is 397 g/mol. The summed E-state index contributed by atoms with van der Waals surface area (Å²) in [5.74, 6) is -2.83. The number of hydrogen-bond acceptors (Lipinski definition) is 6. The third kappa shape index (κ3) is 3.79. The van der Waals surface area contributed by atoms with Crippen LogP contribution in [0.15, 0.2) is 54.5 Å². The van der Waals surface area contributed by atoms with E-state index in [1.807, 2.05) is 0 Å². The van der Waals surface area contributed by atoms with Gasteiger partial charge >= 0.3 is 29.6 Å². The third-order valence-corrected chi connectivity index (χ3v) is 5.31. The minimum Gasteiger partial charge on any atom is -0.543 e. The monoisotopic (exact) mass is 415 g/mol. The van der Waals surface area contributed by atoms with Gasteiger partial charge in [-0.25, -0.2) is 0 Å². The Labute approximate surface area is 194 Å². The van der Waals surface area contributed by atoms with Gasteiger partial charge in [0.25, 0.3) is 5.91 Å². The van der Waals surface area contributed by atoms with Gasteiger partial charge in [0.15, 0.2) is 0 Å². The Hall–Kier alpha value is -2.52. The van der Waals surface area contributed by atoms with Crippen LogP contribution in [-0.4, -0.2) is 44.9 Å². The van der Waals surface area contributed by atoms with Gasteiger partial charge in [-0.3, -0.25) is 14.6 Å². The second kappa shape index (κ2) is 8.69. The van der Waals surface area contributed by atoms with E-state index >= 15 is 0 Å². The normalized spacial score (nSPS) is 20.7. The summed E-state index contributed by atoms with van der Waals surface area (Å²) >= 11 is 0. The van der Waals surface area contributed by atoms with E-state index in [2.05, 4.69) is 10.3 Å². The molecule has 148 valence electrons. The van der Waals surface area contributed by atoms with E-state index in [0.29, 0.717) is 28.8 Å². The molecule has 0 radical (unpaired) electrons. The van der Waals surface area contributed by atoms with E-state index in [-0.39, 0.29) is 41.2 Å². The fourth-order valence-corrected chi connectivity index (χ4v) is 4.00. The van der Waals surface area contributed by atoms with Crippen molar-refractivity contribution >= 4 is 29.0 Å². The second-order valence-corrected chi connectivity index (χ2v) is 7.14. The molecule has 0 bridgehead atoms. The van der Waals surface area contributed by atoms with Gasteiger partial charge in [0, 0.05) is 18.1 Å². The number of aliphatic carboxylic acids is 1. The van der Waals surface area contributed by atoms with Gasteiger partial charge in [-0.1, -0.05) is 12.1 Å². The van der Waals surface area contributed by atoms with Crippen LogP contribution in [0.3, 0.4) is 0 Å². The summed E-state index contributed by atoms with van der Waals surface area (Å²) in [4.78, 5) is 41.5. The van der Waals surface area contributed by atoms with Crippen molar-refractivity contribution in [3.05, 3.63) is 65.6 Å². The van der Waals surface area contributed by atoms with Gasteiger partial charge in [0.1, 0.15) is 0 Å². The molecule has 30 heavy (non-hydrogen) atoms. The van der Waals surface area contributed by atoms with Crippen LogP contribution in [0.1, 0.15) is 29.3 Å². The molecule has 2 aliphatic rings. The fraction of sp³-hybridized carbons (Fsp3) is 0.238. The Morgan fingerprint density at radius 1 is 1.30 bits per heavy atom. The summed E-state index contributed by atoms with van der Waals surface area (Å²) in [6, 6.07) is 9.63. The number of hydrogen-bond donors (Lipinski definition) is 2. The molecule has 2 N–H and O–H groups in total. The smallest absolute Gasteiger partial charge is 0.543 e. The first-order valence-electron chi connectivity index (χ1n) is 9.16. The van der Waals surface area contributed by atoms with Gasteiger partial charge in [-0.05, 0) is 48.7 Å². The van der Waals surface area contributed by atoms with Crippen LogP contribution in [0.4, 0.5) is 5.69 Å². The number of aliphatic hydroxyl groups is 1. The summed E-state index contributed by atoms with van der Waals surface area (Å²) in [7, 11) is 0. The maximum atomic E-state index is 12.3. The van der Waals surface area contributed by atoms with Crippen molar-refractivity contribution in [2.75, 3.05) is 5.32 Å². The molecule has 3 heterocycles. The fourth-order valence-electron chi connectivity index (χ4n) is 4.00. The summed E-state index contributed by atoms with van der Waals surface area (Å²) in [6.45, 7) is 1.52. The number of nitrogens with zero attached hydrogens (tertiary/aromatic N) is 2. The largest absolute Gasteiger partial charge is 1.00 e. The first kappa shape index (κ1) is 22.2. The quantitative estimate of drug-likeness (QED) is 0.408. The van der Waals surface area contributed by atoms with E-state index < -0.39 is 29.9 Å². The number of rotatable bonds is 5. The minimum atomic E-state index is -1.44. The van der Waals surface area contributed by atoms with Crippen molar-refractivity contribution in [3.63, 3.8) is 0 Å². The molecule has 8 nitrogen and oxygen atoms in total. The van der Waals surface area contributed by atoms with E-state index in [9.17, 15) is 24.6 Å². The average molecular weight is 415 g/mol. The number of benzene rings is 1. The van der Waals surface area contributed by atoms with E-state index in [1.165, 1.54) is 18.0 Å². The Bertz CT molecular complexity index is 1040. The van der Waals surface area contributed by atoms with Crippen molar-refractivity contribution in [3.8, 4) is 0 Å². The molecule has 2 amide bonds. The molecule has 4 rings (SSSR count). The summed E-state index contributed by atoms with van der Waals surface area (Å²) < 4.78 is 0. The molecule has 3 atom stereocenters. The Balaban J connectivity index is 0.00000256. The number of nitrogens with one attached hydrogen (secondary N) is 1. The number of carbonyl (C=O) groups excluding carboxylic acids is 3. The number of aliphatic hydroxyl groups excluding tert-OH is 1. The van der Waals surface area contributed by atoms with Crippen LogP contribution in [0.5, 0.6) is 0 Å². The molecule has 1 aromatic heterocycles. The van der Waals surface area contributed by atoms with Gasteiger partial charge in [0.2, 0.25) is 5.91 Å². The zero-order valence-electron chi connectivity index (χ0n) is 16.5. The predicted octanol–water partition coefficient (Wildman–Crippen LogP) is -2.59. The first-order valence-corrected chi connectivity index (χ1v) is 9.16. The topological polar surface area (TPSA) is 123 Å². The summed E-state index contributed by atoms with van der Waals surface area (Å²) in [5.41, 5.74) is 1.72. The van der Waals surface area contributed by atoms with Crippen LogP contribution >= 0.6 is 0 Å². The van der Waals surface area contributed by atoms with E-state index in [4.69, 9.17) is 0 Å². The molecule has 0 unspecified atom stereocenters. The number of aromatic nitrogens is 1. The summed E-state index contributed by atoms with van der Waals surface area (Å²) in [5, 5.41) is 24.3. The van der Waals surface area contributed by atoms with Crippen LogP contribution in [0, 0.1) is 5.92 Å². The minimum absolute atomic E-state index is 0. The average Bonchev–Trinajstić information content (AvgIpc) is 3.04. The van der Waals surface area contributed by atoms with Gasteiger partial charge in [-0.2, -0.15) is 0 Å². The number of β-lactam (4-membered cyclic amide) rings is 1. The van der Waals surface area contributed by atoms with Crippen molar-refractivity contribution in [2.45, 2.75) is 25.5 Å². The maximum absolute atomic E-state index is 12.3. The Morgan fingerprint density at radius 3 is 2.70 bits per heavy atom. The summed E-state index contributed by atoms with van der Waals surface area (Å²) in [6.07, 6.45) is 2.44. The van der Waals surface area contributed by atoms with Crippen molar-refractivity contribution in [2.24, 2.45) is 5.92 Å². The third-order valence-electron chi connectivity index (χ3n) is 5.31. The maximum Gasteiger partial charge on any atom is 1.00 e. The van der Waals surface area contributed by atoms with Gasteiger partial charge < -0.3 is 25.2 Å². The molecule has 1 fully saturated rings. The SMILES string of the molecule is C[C@@H](O)[C@H]1C(=O)N2C(C(=O)[O-])=C(c3cccc(NC(=O)c4cccnc4)c3)C[C@H]12.[Na+]. The molecule has 0 spiro atoms. The zero-order chi connectivity index (χ0) is 20.7. The van der Waals surface area contributed by atoms with Gasteiger partial charge in [0.05, 0.1) is 35.3 Å². The van der Waals surface area contributed by atoms with Gasteiger partial charge in [-0.15, -0.1) is 0 Å². The molecule has 2 aromatic rings. The van der Waals surface area contributed by atoms with Crippen molar-refractivity contribution in [1.82, 2.24) is 9.88 Å². The number of fused-ring (bicyclic) bond motifs is 1. The van der Waals surface area contributed by atoms with Crippen LogP contribution in [0.2, 0.25) is 0 Å². The van der Waals surface area contributed by atoms with Crippen LogP contribution in [0.25, 0.3) is 5.57 Å². The second-order valence-electron chi connectivity index (χ2n) is 7.14. The van der Waals surface area contributed by atoms with E-state index in [0.717, 1.165) is 0 Å². The molecule has 1 saturated heterocycles. The van der Waals surface area contributed by atoms with E-state index in [1.54, 1.807) is 42.6 Å². The van der Waals surface area contributed by atoms with Crippen molar-refractivity contribution in [1.29, 1.82) is 0 Å². The molecule has 0 aliphatic carbocycles. The zero-order valence-corrected chi connectivity index (χ0v) is 18.5. The number of carboxylic acids is 1. The van der Waals surface area contributed by atoms with Crippen molar-refractivity contribution < 1.29 is 54.2 Å². The molecule has 9 heteroatoms. The predicted molar refractivity (Wildman–Crippen MR) is 101 cm³/mol. The Morgan fingerprint density at radius 2 is 2.07 bits per heavy atom. The molecular formula is C21H18N3NaO5. The first-order chi connectivity index (χ1) is 13.9. The molecule has 1 aromatic carbocycles.